The van der Waals surface area contributed by atoms with Crippen LogP contribution in [0.3, 0.4) is 0 Å². The Hall–Kier alpha value is -2.51. The van der Waals surface area contributed by atoms with E-state index >= 15 is 0 Å². The van der Waals surface area contributed by atoms with Gasteiger partial charge in [0.05, 0.1) is 11.2 Å². The normalized spacial score (nSPS) is 18.3. The van der Waals surface area contributed by atoms with E-state index < -0.39 is 5.60 Å². The van der Waals surface area contributed by atoms with Gasteiger partial charge in [0.25, 0.3) is 5.91 Å². The number of methoxy groups -OCH3 is 1. The number of hydrogen-bond donors (Lipinski definition) is 1. The lowest BCUT2D eigenvalue weighted by atomic mass is 10.0. The van der Waals surface area contributed by atoms with Crippen LogP contribution in [0.5, 0.6) is 5.75 Å². The van der Waals surface area contributed by atoms with Crippen molar-refractivity contribution >= 4 is 29.1 Å². The Morgan fingerprint density at radius 2 is 1.91 bits per heavy atom. The minimum atomic E-state index is -0.960. The molecule has 174 valence electrons. The Bertz CT molecular complexity index is 1140. The molecule has 0 spiro atoms. The van der Waals surface area contributed by atoms with E-state index in [1.54, 1.807) is 50.1 Å². The first-order valence-corrected chi connectivity index (χ1v) is 11.2. The van der Waals surface area contributed by atoms with E-state index in [0.717, 1.165) is 16.8 Å². The summed E-state index contributed by atoms with van der Waals surface area (Å²) in [6.45, 7) is 3.57. The quantitative estimate of drug-likeness (QED) is 0.585. The van der Waals surface area contributed by atoms with Gasteiger partial charge in [-0.3, -0.25) is 9.69 Å². The molecule has 0 saturated carbocycles. The minimum absolute atomic E-state index is 0.0829. The molecule has 1 aliphatic heterocycles. The highest BCUT2D eigenvalue weighted by Gasteiger charge is 2.32. The smallest absolute Gasteiger partial charge is 0.264 e. The van der Waals surface area contributed by atoms with E-state index in [-0.39, 0.29) is 25.3 Å². The van der Waals surface area contributed by atoms with Gasteiger partial charge in [-0.15, -0.1) is 0 Å². The third kappa shape index (κ3) is 5.20. The van der Waals surface area contributed by atoms with E-state index in [1.807, 2.05) is 24.3 Å². The van der Waals surface area contributed by atoms with Crippen molar-refractivity contribution in [2.45, 2.75) is 32.0 Å². The van der Waals surface area contributed by atoms with Gasteiger partial charge in [-0.1, -0.05) is 35.3 Å². The van der Waals surface area contributed by atoms with Gasteiger partial charge < -0.3 is 19.3 Å². The molecule has 1 aliphatic carbocycles. The molecule has 1 heterocycles. The van der Waals surface area contributed by atoms with Crippen LogP contribution in [0, 0.1) is 0 Å². The maximum Gasteiger partial charge on any atom is 0.264 e. The van der Waals surface area contributed by atoms with E-state index in [1.165, 1.54) is 0 Å². The molecular formula is C25H25Cl2NO5. The highest BCUT2D eigenvalue weighted by molar-refractivity contribution is 6.36. The summed E-state index contributed by atoms with van der Waals surface area (Å²) in [5.41, 5.74) is 1.92. The fourth-order valence-corrected chi connectivity index (χ4v) is 4.22. The lowest BCUT2D eigenvalue weighted by Crippen LogP contribution is -2.40. The lowest BCUT2D eigenvalue weighted by Gasteiger charge is -2.34. The van der Waals surface area contributed by atoms with Crippen LogP contribution in [-0.4, -0.2) is 48.1 Å². The average Bonchev–Trinajstić information content (AvgIpc) is 2.77. The molecule has 0 aromatic heterocycles. The Morgan fingerprint density at radius 1 is 1.15 bits per heavy atom. The van der Waals surface area contributed by atoms with Crippen LogP contribution < -0.4 is 4.74 Å². The number of nitrogens with zero attached hydrogens (tertiary/aromatic N) is 1. The average molecular weight is 490 g/mol. The SMILES string of the molecule is COC1CC(N2COc3cc(-c4ccc(Cl)cc4Cl)ccc3C2=O)=CC=C1OCC(C)(C)O. The summed E-state index contributed by atoms with van der Waals surface area (Å²) in [5, 5.41) is 11.0. The molecule has 4 rings (SSSR count). The fourth-order valence-electron chi connectivity index (χ4n) is 3.71. The van der Waals surface area contributed by atoms with Crippen LogP contribution in [-0.2, 0) is 9.47 Å². The molecule has 0 saturated heterocycles. The number of carbonyl (C=O) groups excluding carboxylic acids is 1. The number of allylic oxidation sites excluding steroid dienone is 2. The molecular weight excluding hydrogens is 465 g/mol. The van der Waals surface area contributed by atoms with Gasteiger partial charge in [0, 0.05) is 34.8 Å². The van der Waals surface area contributed by atoms with Crippen molar-refractivity contribution < 1.29 is 24.1 Å². The number of rotatable bonds is 6. The Balaban J connectivity index is 1.55. The molecule has 2 aromatic rings. The zero-order valence-electron chi connectivity index (χ0n) is 18.6. The number of carbonyl (C=O) groups is 1. The van der Waals surface area contributed by atoms with E-state index in [2.05, 4.69) is 0 Å². The van der Waals surface area contributed by atoms with Gasteiger partial charge in [0.2, 0.25) is 0 Å². The zero-order chi connectivity index (χ0) is 23.8. The van der Waals surface area contributed by atoms with E-state index in [0.29, 0.717) is 33.5 Å². The summed E-state index contributed by atoms with van der Waals surface area (Å²) < 4.78 is 17.2. The van der Waals surface area contributed by atoms with Crippen molar-refractivity contribution in [3.05, 3.63) is 75.6 Å². The number of benzene rings is 2. The van der Waals surface area contributed by atoms with Gasteiger partial charge >= 0.3 is 0 Å². The van der Waals surface area contributed by atoms with Crippen molar-refractivity contribution in [2.75, 3.05) is 20.4 Å². The van der Waals surface area contributed by atoms with Crippen molar-refractivity contribution in [2.24, 2.45) is 0 Å². The minimum Gasteiger partial charge on any atom is -0.492 e. The second kappa shape index (κ2) is 9.39. The van der Waals surface area contributed by atoms with Gasteiger partial charge in [0.15, 0.2) is 6.73 Å². The highest BCUT2D eigenvalue weighted by Crippen LogP contribution is 2.37. The van der Waals surface area contributed by atoms with Crippen LogP contribution in [0.1, 0.15) is 30.6 Å². The molecule has 1 amide bonds. The van der Waals surface area contributed by atoms with Crippen LogP contribution >= 0.6 is 23.2 Å². The number of hydrogen-bond acceptors (Lipinski definition) is 5. The third-order valence-corrected chi connectivity index (χ3v) is 5.97. The third-order valence-electron chi connectivity index (χ3n) is 5.42. The van der Waals surface area contributed by atoms with Crippen molar-refractivity contribution in [3.8, 4) is 16.9 Å². The molecule has 1 N–H and O–H groups in total. The number of aliphatic hydroxyl groups is 1. The number of halogens is 2. The van der Waals surface area contributed by atoms with Crippen molar-refractivity contribution in [1.82, 2.24) is 4.90 Å². The fraction of sp³-hybridized carbons (Fsp3) is 0.320. The molecule has 0 fully saturated rings. The first-order chi connectivity index (χ1) is 15.7. The summed E-state index contributed by atoms with van der Waals surface area (Å²) in [6.07, 6.45) is 3.67. The summed E-state index contributed by atoms with van der Waals surface area (Å²) in [6, 6.07) is 10.7. The summed E-state index contributed by atoms with van der Waals surface area (Å²) in [7, 11) is 1.59. The van der Waals surface area contributed by atoms with Crippen LogP contribution in [0.4, 0.5) is 0 Å². The largest absolute Gasteiger partial charge is 0.492 e. The van der Waals surface area contributed by atoms with Crippen LogP contribution in [0.2, 0.25) is 10.0 Å². The molecule has 8 heteroatoms. The second-order valence-corrected chi connectivity index (χ2v) is 9.44. The number of amides is 1. The molecule has 2 aromatic carbocycles. The van der Waals surface area contributed by atoms with Crippen LogP contribution in [0.25, 0.3) is 11.1 Å². The van der Waals surface area contributed by atoms with Crippen molar-refractivity contribution in [3.63, 3.8) is 0 Å². The maximum atomic E-state index is 13.2. The maximum absolute atomic E-state index is 13.2. The first-order valence-electron chi connectivity index (χ1n) is 10.5. The van der Waals surface area contributed by atoms with Gasteiger partial charge in [-0.25, -0.2) is 0 Å². The van der Waals surface area contributed by atoms with Gasteiger partial charge in [-0.2, -0.15) is 0 Å². The Kier molecular flexibility index (Phi) is 6.73. The topological polar surface area (TPSA) is 68.2 Å². The Morgan fingerprint density at radius 3 is 2.61 bits per heavy atom. The number of ether oxygens (including phenoxy) is 3. The molecule has 33 heavy (non-hydrogen) atoms. The summed E-state index contributed by atoms with van der Waals surface area (Å²) in [5.74, 6) is 0.961. The van der Waals surface area contributed by atoms with E-state index in [9.17, 15) is 9.90 Å². The molecule has 2 aliphatic rings. The molecule has 0 bridgehead atoms. The predicted molar refractivity (Wildman–Crippen MR) is 127 cm³/mol. The lowest BCUT2D eigenvalue weighted by molar-refractivity contribution is -0.0212. The highest BCUT2D eigenvalue weighted by atomic mass is 35.5. The zero-order valence-corrected chi connectivity index (χ0v) is 20.1. The monoisotopic (exact) mass is 489 g/mol. The predicted octanol–water partition coefficient (Wildman–Crippen LogP) is 5.43. The molecule has 6 nitrogen and oxygen atoms in total. The first kappa shape index (κ1) is 23.6. The van der Waals surface area contributed by atoms with Crippen molar-refractivity contribution in [1.29, 1.82) is 0 Å². The van der Waals surface area contributed by atoms with Gasteiger partial charge in [0.1, 0.15) is 24.2 Å². The number of fused-ring (bicyclic) bond motifs is 1. The van der Waals surface area contributed by atoms with E-state index in [4.69, 9.17) is 37.4 Å². The summed E-state index contributed by atoms with van der Waals surface area (Å²) in [4.78, 5) is 14.8. The molecule has 0 radical (unpaired) electrons. The standard InChI is InChI=1S/C25H25Cl2NO5/c1-25(2,30)13-32-21-9-6-17(12-23(21)31-3)28-14-33-22-10-15(4-7-19(22)24(28)29)18-8-5-16(26)11-20(18)27/h4-11,23,30H,12-14H2,1-3H3. The Labute approximate surface area is 203 Å². The van der Waals surface area contributed by atoms with Crippen LogP contribution in [0.15, 0.2) is 60.0 Å². The second-order valence-electron chi connectivity index (χ2n) is 8.60. The van der Waals surface area contributed by atoms with Gasteiger partial charge in [-0.05, 0) is 55.8 Å². The summed E-state index contributed by atoms with van der Waals surface area (Å²) >= 11 is 12.3. The molecule has 1 unspecified atom stereocenters. The molecule has 1 atom stereocenters.